The summed E-state index contributed by atoms with van der Waals surface area (Å²) >= 11 is 5.71. The van der Waals surface area contributed by atoms with Crippen molar-refractivity contribution in [2.24, 2.45) is 7.05 Å². The fraction of sp³-hybridized carbons (Fsp3) is 0.438. The number of aromatic nitrogens is 3. The molecule has 0 fully saturated rings. The maximum absolute atomic E-state index is 14.0. The zero-order valence-electron chi connectivity index (χ0n) is 13.2. The Balaban J connectivity index is 1.87. The lowest BCUT2D eigenvalue weighted by atomic mass is 9.94. The highest BCUT2D eigenvalue weighted by molar-refractivity contribution is 6.27. The first-order valence-corrected chi connectivity index (χ1v) is 8.20. The molecule has 1 aromatic carbocycles. The van der Waals surface area contributed by atoms with E-state index in [1.165, 1.54) is 23.1 Å². The number of aryl methyl sites for hydroxylation is 1. The SMILES string of the molecule is Cn1nnc2c1CCC(N(Cc1c(F)cccc1F)C(=O)CCl)C2. The normalized spacial score (nSPS) is 16.8. The number of carbonyl (C=O) groups excluding carboxylic acids is 1. The number of alkyl halides is 1. The topological polar surface area (TPSA) is 51.0 Å². The molecule has 0 N–H and O–H groups in total. The van der Waals surface area contributed by atoms with Crippen LogP contribution in [0.1, 0.15) is 23.4 Å². The molecule has 1 aliphatic carbocycles. The minimum atomic E-state index is -0.668. The van der Waals surface area contributed by atoms with Gasteiger partial charge < -0.3 is 4.90 Å². The van der Waals surface area contributed by atoms with E-state index < -0.39 is 11.6 Å². The molecular formula is C16H17ClF2N4O. The van der Waals surface area contributed by atoms with Crippen molar-refractivity contribution in [3.05, 3.63) is 46.8 Å². The molecule has 3 rings (SSSR count). The Bertz CT molecular complexity index is 744. The summed E-state index contributed by atoms with van der Waals surface area (Å²) in [4.78, 5) is 13.7. The van der Waals surface area contributed by atoms with Crippen LogP contribution in [-0.4, -0.2) is 37.7 Å². The van der Waals surface area contributed by atoms with Crippen LogP contribution in [0.15, 0.2) is 18.2 Å². The minimum absolute atomic E-state index is 0.124. The first-order chi connectivity index (χ1) is 11.5. The van der Waals surface area contributed by atoms with Crippen LogP contribution in [0.3, 0.4) is 0 Å². The van der Waals surface area contributed by atoms with Crippen molar-refractivity contribution in [3.63, 3.8) is 0 Å². The van der Waals surface area contributed by atoms with E-state index in [-0.39, 0.29) is 29.9 Å². The fourth-order valence-electron chi connectivity index (χ4n) is 3.13. The molecule has 0 aliphatic heterocycles. The number of carbonyl (C=O) groups is 1. The Morgan fingerprint density at radius 1 is 1.42 bits per heavy atom. The van der Waals surface area contributed by atoms with Gasteiger partial charge in [-0.25, -0.2) is 8.78 Å². The first-order valence-electron chi connectivity index (χ1n) is 7.67. The number of rotatable bonds is 4. The van der Waals surface area contributed by atoms with E-state index in [2.05, 4.69) is 10.3 Å². The third-order valence-electron chi connectivity index (χ3n) is 4.43. The van der Waals surface area contributed by atoms with Gasteiger partial charge in [0.15, 0.2) is 0 Å². The van der Waals surface area contributed by atoms with Gasteiger partial charge in [0.1, 0.15) is 17.5 Å². The highest BCUT2D eigenvalue weighted by atomic mass is 35.5. The number of fused-ring (bicyclic) bond motifs is 1. The van der Waals surface area contributed by atoms with E-state index in [1.54, 1.807) is 4.68 Å². The van der Waals surface area contributed by atoms with E-state index in [4.69, 9.17) is 11.6 Å². The molecular weight excluding hydrogens is 338 g/mol. The van der Waals surface area contributed by atoms with Crippen LogP contribution < -0.4 is 0 Å². The van der Waals surface area contributed by atoms with Gasteiger partial charge in [-0.05, 0) is 25.0 Å². The van der Waals surface area contributed by atoms with Crippen LogP contribution >= 0.6 is 11.6 Å². The second-order valence-corrected chi connectivity index (χ2v) is 6.13. The van der Waals surface area contributed by atoms with E-state index >= 15 is 0 Å². The number of nitrogens with zero attached hydrogens (tertiary/aromatic N) is 4. The number of amides is 1. The molecule has 5 nitrogen and oxygen atoms in total. The zero-order chi connectivity index (χ0) is 17.3. The molecule has 0 radical (unpaired) electrons. The average Bonchev–Trinajstić information content (AvgIpc) is 2.94. The maximum atomic E-state index is 14.0. The Morgan fingerprint density at radius 3 is 2.79 bits per heavy atom. The van der Waals surface area contributed by atoms with Gasteiger partial charge in [-0.1, -0.05) is 11.3 Å². The number of hydrogen-bond donors (Lipinski definition) is 0. The highest BCUT2D eigenvalue weighted by Gasteiger charge is 2.31. The molecule has 1 unspecified atom stereocenters. The van der Waals surface area contributed by atoms with Gasteiger partial charge in [0.2, 0.25) is 5.91 Å². The van der Waals surface area contributed by atoms with Gasteiger partial charge in [0.05, 0.1) is 17.9 Å². The van der Waals surface area contributed by atoms with Gasteiger partial charge in [-0.15, -0.1) is 16.7 Å². The van der Waals surface area contributed by atoms with Crippen LogP contribution in [0.4, 0.5) is 8.78 Å². The predicted octanol–water partition coefficient (Wildman–Crippen LogP) is 2.22. The van der Waals surface area contributed by atoms with Gasteiger partial charge in [0, 0.05) is 25.1 Å². The van der Waals surface area contributed by atoms with Crippen LogP contribution in [0.25, 0.3) is 0 Å². The summed E-state index contributed by atoms with van der Waals surface area (Å²) < 4.78 is 29.6. The molecule has 1 aliphatic rings. The zero-order valence-corrected chi connectivity index (χ0v) is 13.9. The van der Waals surface area contributed by atoms with E-state index in [0.717, 1.165) is 11.4 Å². The molecule has 1 aromatic heterocycles. The Kier molecular flexibility index (Phi) is 4.80. The predicted molar refractivity (Wildman–Crippen MR) is 84.4 cm³/mol. The Labute approximate surface area is 143 Å². The number of benzene rings is 1. The Hall–Kier alpha value is -2.02. The van der Waals surface area contributed by atoms with Crippen molar-refractivity contribution in [2.45, 2.75) is 31.8 Å². The van der Waals surface area contributed by atoms with Crippen molar-refractivity contribution >= 4 is 17.5 Å². The van der Waals surface area contributed by atoms with E-state index in [9.17, 15) is 13.6 Å². The Morgan fingerprint density at radius 2 is 2.12 bits per heavy atom. The molecule has 1 heterocycles. The van der Waals surface area contributed by atoms with E-state index in [1.807, 2.05) is 7.05 Å². The quantitative estimate of drug-likeness (QED) is 0.791. The van der Waals surface area contributed by atoms with Crippen molar-refractivity contribution in [2.75, 3.05) is 5.88 Å². The molecule has 24 heavy (non-hydrogen) atoms. The highest BCUT2D eigenvalue weighted by Crippen LogP contribution is 2.25. The van der Waals surface area contributed by atoms with E-state index in [0.29, 0.717) is 19.3 Å². The first kappa shape index (κ1) is 16.8. The lowest BCUT2D eigenvalue weighted by molar-refractivity contribution is -0.131. The number of hydrogen-bond acceptors (Lipinski definition) is 3. The standard InChI is InChI=1S/C16H17ClF2N4O/c1-22-15-6-5-10(7-14(15)20-21-22)23(16(24)8-17)9-11-12(18)3-2-4-13(11)19/h2-4,10H,5-9H2,1H3. The molecule has 128 valence electrons. The molecule has 0 spiro atoms. The summed E-state index contributed by atoms with van der Waals surface area (Å²) in [5, 5.41) is 8.10. The van der Waals surface area contributed by atoms with Crippen molar-refractivity contribution in [1.82, 2.24) is 19.9 Å². The van der Waals surface area contributed by atoms with Crippen LogP contribution in [-0.2, 0) is 31.2 Å². The molecule has 0 bridgehead atoms. The van der Waals surface area contributed by atoms with Gasteiger partial charge in [0.25, 0.3) is 0 Å². The largest absolute Gasteiger partial charge is 0.334 e. The molecule has 2 aromatic rings. The van der Waals surface area contributed by atoms with Gasteiger partial charge >= 0.3 is 0 Å². The summed E-state index contributed by atoms with van der Waals surface area (Å²) in [6.07, 6.45) is 1.88. The molecule has 1 amide bonds. The van der Waals surface area contributed by atoms with Crippen molar-refractivity contribution in [1.29, 1.82) is 0 Å². The second kappa shape index (κ2) is 6.84. The fourth-order valence-corrected chi connectivity index (χ4v) is 3.28. The second-order valence-electron chi connectivity index (χ2n) is 5.86. The smallest absolute Gasteiger partial charge is 0.238 e. The molecule has 8 heteroatoms. The minimum Gasteiger partial charge on any atom is -0.334 e. The molecule has 0 saturated heterocycles. The van der Waals surface area contributed by atoms with Crippen LogP contribution in [0, 0.1) is 11.6 Å². The monoisotopic (exact) mass is 354 g/mol. The molecule has 0 saturated carbocycles. The van der Waals surface area contributed by atoms with Gasteiger partial charge in [-0.2, -0.15) is 0 Å². The number of halogens is 3. The summed E-state index contributed by atoms with van der Waals surface area (Å²) in [6, 6.07) is 3.46. The summed E-state index contributed by atoms with van der Waals surface area (Å²) in [5.74, 6) is -1.92. The summed E-state index contributed by atoms with van der Waals surface area (Å²) in [7, 11) is 1.82. The van der Waals surface area contributed by atoms with Crippen molar-refractivity contribution < 1.29 is 13.6 Å². The maximum Gasteiger partial charge on any atom is 0.238 e. The lowest BCUT2D eigenvalue weighted by Gasteiger charge is -2.33. The van der Waals surface area contributed by atoms with Gasteiger partial charge in [-0.3, -0.25) is 9.48 Å². The summed E-state index contributed by atoms with van der Waals surface area (Å²) in [5.41, 5.74) is 1.72. The van der Waals surface area contributed by atoms with Crippen molar-refractivity contribution in [3.8, 4) is 0 Å². The third-order valence-corrected chi connectivity index (χ3v) is 4.66. The average molecular weight is 355 g/mol. The van der Waals surface area contributed by atoms with Crippen LogP contribution in [0.5, 0.6) is 0 Å². The summed E-state index contributed by atoms with van der Waals surface area (Å²) in [6.45, 7) is -0.148. The lowest BCUT2D eigenvalue weighted by Crippen LogP contribution is -2.44. The van der Waals surface area contributed by atoms with Crippen LogP contribution in [0.2, 0.25) is 0 Å². The third kappa shape index (κ3) is 3.13. The molecule has 1 atom stereocenters.